The topological polar surface area (TPSA) is 57.6 Å². The maximum atomic E-state index is 11.8. The molecule has 0 aliphatic carbocycles. The van der Waals surface area contributed by atoms with Crippen LogP contribution in [0.5, 0.6) is 0 Å². The monoisotopic (exact) mass is 213 g/mol. The summed E-state index contributed by atoms with van der Waals surface area (Å²) in [7, 11) is 0. The normalized spacial score (nSPS) is 23.6. The van der Waals surface area contributed by atoms with E-state index in [1.165, 1.54) is 0 Å². The molecule has 0 aromatic rings. The van der Waals surface area contributed by atoms with Crippen LogP contribution in [0.1, 0.15) is 33.1 Å². The Morgan fingerprint density at radius 1 is 1.53 bits per heavy atom. The van der Waals surface area contributed by atoms with Crippen molar-refractivity contribution in [2.24, 2.45) is 11.8 Å². The quantitative estimate of drug-likeness (QED) is 0.770. The minimum absolute atomic E-state index is 0.0116. The second-order valence-electron chi connectivity index (χ2n) is 4.27. The smallest absolute Gasteiger partial charge is 0.308 e. The lowest BCUT2D eigenvalue weighted by Gasteiger charge is -2.32. The zero-order valence-corrected chi connectivity index (χ0v) is 9.40. The van der Waals surface area contributed by atoms with Gasteiger partial charge in [-0.05, 0) is 19.3 Å². The van der Waals surface area contributed by atoms with Gasteiger partial charge in [0.2, 0.25) is 5.91 Å². The summed E-state index contributed by atoms with van der Waals surface area (Å²) >= 11 is 0. The molecule has 0 aromatic carbocycles. The molecule has 0 radical (unpaired) electrons. The molecule has 1 aliphatic rings. The van der Waals surface area contributed by atoms with Gasteiger partial charge < -0.3 is 10.0 Å². The Balaban J connectivity index is 2.56. The molecule has 2 atom stereocenters. The molecule has 1 saturated heterocycles. The summed E-state index contributed by atoms with van der Waals surface area (Å²) in [6, 6.07) is 0. The van der Waals surface area contributed by atoms with Crippen molar-refractivity contribution in [1.29, 1.82) is 0 Å². The van der Waals surface area contributed by atoms with E-state index in [2.05, 4.69) is 0 Å². The van der Waals surface area contributed by atoms with Gasteiger partial charge in [-0.3, -0.25) is 9.59 Å². The standard InChI is InChI=1S/C11H19NO3/c1-3-8(2)10(13)12-6-4-5-9(7-12)11(14)15/h8-9H,3-7H2,1-2H3,(H,14,15)/t8?,9-/m0/s1. The third-order valence-corrected chi connectivity index (χ3v) is 3.12. The Labute approximate surface area is 90.3 Å². The van der Waals surface area contributed by atoms with E-state index in [1.54, 1.807) is 4.90 Å². The zero-order chi connectivity index (χ0) is 11.4. The van der Waals surface area contributed by atoms with E-state index in [0.29, 0.717) is 19.5 Å². The molecule has 1 N–H and O–H groups in total. The van der Waals surface area contributed by atoms with E-state index in [0.717, 1.165) is 12.8 Å². The van der Waals surface area contributed by atoms with Crippen LogP contribution in [0.25, 0.3) is 0 Å². The highest BCUT2D eigenvalue weighted by molar-refractivity contribution is 5.79. The number of hydrogen-bond acceptors (Lipinski definition) is 2. The van der Waals surface area contributed by atoms with Gasteiger partial charge in [0.15, 0.2) is 0 Å². The molecule has 15 heavy (non-hydrogen) atoms. The Bertz CT molecular complexity index is 252. The van der Waals surface area contributed by atoms with Gasteiger partial charge >= 0.3 is 5.97 Å². The van der Waals surface area contributed by atoms with Crippen LogP contribution in [0.3, 0.4) is 0 Å². The molecular formula is C11H19NO3. The number of amides is 1. The summed E-state index contributed by atoms with van der Waals surface area (Å²) < 4.78 is 0. The van der Waals surface area contributed by atoms with Crippen molar-refractivity contribution in [3.8, 4) is 0 Å². The molecule has 0 aromatic heterocycles. The molecule has 1 unspecified atom stereocenters. The molecule has 1 amide bonds. The van der Waals surface area contributed by atoms with Crippen molar-refractivity contribution in [2.75, 3.05) is 13.1 Å². The van der Waals surface area contributed by atoms with E-state index in [4.69, 9.17) is 5.11 Å². The Kier molecular flexibility index (Phi) is 4.12. The maximum Gasteiger partial charge on any atom is 0.308 e. The summed E-state index contributed by atoms with van der Waals surface area (Å²) in [5.74, 6) is -1.04. The third-order valence-electron chi connectivity index (χ3n) is 3.12. The average Bonchev–Trinajstić information content (AvgIpc) is 2.27. The summed E-state index contributed by atoms with van der Waals surface area (Å²) in [5.41, 5.74) is 0. The molecule has 86 valence electrons. The minimum Gasteiger partial charge on any atom is -0.481 e. The molecular weight excluding hydrogens is 194 g/mol. The third kappa shape index (κ3) is 2.94. The molecule has 4 nitrogen and oxygen atoms in total. The predicted molar refractivity (Wildman–Crippen MR) is 56.4 cm³/mol. The number of carbonyl (C=O) groups excluding carboxylic acids is 1. The number of rotatable bonds is 3. The molecule has 0 spiro atoms. The molecule has 4 heteroatoms. The van der Waals surface area contributed by atoms with E-state index in [9.17, 15) is 9.59 Å². The number of carboxylic acids is 1. The SMILES string of the molecule is CCC(C)C(=O)N1CCC[C@H](C(=O)O)C1. The molecule has 1 aliphatic heterocycles. The number of carbonyl (C=O) groups is 2. The number of likely N-dealkylation sites (tertiary alicyclic amines) is 1. The molecule has 0 saturated carbocycles. The summed E-state index contributed by atoms with van der Waals surface area (Å²) in [6.07, 6.45) is 2.31. The van der Waals surface area contributed by atoms with Gasteiger partial charge in [0.1, 0.15) is 0 Å². The van der Waals surface area contributed by atoms with Gasteiger partial charge in [-0.1, -0.05) is 13.8 Å². The van der Waals surface area contributed by atoms with E-state index in [-0.39, 0.29) is 17.7 Å². The van der Waals surface area contributed by atoms with Gasteiger partial charge in [0.05, 0.1) is 5.92 Å². The number of nitrogens with zero attached hydrogens (tertiary/aromatic N) is 1. The largest absolute Gasteiger partial charge is 0.481 e. The number of piperidine rings is 1. The fraction of sp³-hybridized carbons (Fsp3) is 0.818. The molecule has 1 heterocycles. The second kappa shape index (κ2) is 5.14. The van der Waals surface area contributed by atoms with Gasteiger partial charge in [-0.15, -0.1) is 0 Å². The van der Waals surface area contributed by atoms with Crippen LogP contribution >= 0.6 is 0 Å². The van der Waals surface area contributed by atoms with Gasteiger partial charge in [0.25, 0.3) is 0 Å². The van der Waals surface area contributed by atoms with Crippen LogP contribution in [0.2, 0.25) is 0 Å². The lowest BCUT2D eigenvalue weighted by molar-refractivity contribution is -0.146. The van der Waals surface area contributed by atoms with Crippen molar-refractivity contribution in [2.45, 2.75) is 33.1 Å². The Morgan fingerprint density at radius 2 is 2.20 bits per heavy atom. The van der Waals surface area contributed by atoms with Crippen LogP contribution in [0.4, 0.5) is 0 Å². The number of aliphatic carboxylic acids is 1. The fourth-order valence-electron chi connectivity index (χ4n) is 1.87. The molecule has 0 bridgehead atoms. The first-order chi connectivity index (χ1) is 7.06. The Hall–Kier alpha value is -1.06. The van der Waals surface area contributed by atoms with Gasteiger partial charge in [0, 0.05) is 19.0 Å². The highest BCUT2D eigenvalue weighted by Gasteiger charge is 2.29. The van der Waals surface area contributed by atoms with Crippen LogP contribution in [0.15, 0.2) is 0 Å². The Morgan fingerprint density at radius 3 is 2.73 bits per heavy atom. The van der Waals surface area contributed by atoms with Crippen molar-refractivity contribution >= 4 is 11.9 Å². The highest BCUT2D eigenvalue weighted by Crippen LogP contribution is 2.19. The van der Waals surface area contributed by atoms with E-state index < -0.39 is 5.97 Å². The summed E-state index contributed by atoms with van der Waals surface area (Å²) in [4.78, 5) is 24.4. The number of hydrogen-bond donors (Lipinski definition) is 1. The van der Waals surface area contributed by atoms with E-state index >= 15 is 0 Å². The predicted octanol–water partition coefficient (Wildman–Crippen LogP) is 1.36. The maximum absolute atomic E-state index is 11.8. The minimum atomic E-state index is -0.781. The number of carboxylic acid groups (broad SMARTS) is 1. The van der Waals surface area contributed by atoms with Crippen molar-refractivity contribution in [3.63, 3.8) is 0 Å². The average molecular weight is 213 g/mol. The summed E-state index contributed by atoms with van der Waals surface area (Å²) in [5, 5.41) is 8.90. The first-order valence-electron chi connectivity index (χ1n) is 5.57. The summed E-state index contributed by atoms with van der Waals surface area (Å²) in [6.45, 7) is 4.97. The van der Waals surface area contributed by atoms with Crippen LogP contribution in [-0.4, -0.2) is 35.0 Å². The first kappa shape index (κ1) is 12.0. The van der Waals surface area contributed by atoms with E-state index in [1.807, 2.05) is 13.8 Å². The first-order valence-corrected chi connectivity index (χ1v) is 5.57. The molecule has 1 rings (SSSR count). The second-order valence-corrected chi connectivity index (χ2v) is 4.27. The highest BCUT2D eigenvalue weighted by atomic mass is 16.4. The van der Waals surface area contributed by atoms with Crippen LogP contribution in [-0.2, 0) is 9.59 Å². The van der Waals surface area contributed by atoms with Crippen molar-refractivity contribution < 1.29 is 14.7 Å². The van der Waals surface area contributed by atoms with Crippen LogP contribution in [0, 0.1) is 11.8 Å². The van der Waals surface area contributed by atoms with Crippen molar-refractivity contribution in [3.05, 3.63) is 0 Å². The van der Waals surface area contributed by atoms with Crippen molar-refractivity contribution in [1.82, 2.24) is 4.90 Å². The fourth-order valence-corrected chi connectivity index (χ4v) is 1.87. The zero-order valence-electron chi connectivity index (χ0n) is 9.40. The lowest BCUT2D eigenvalue weighted by atomic mass is 9.96. The van der Waals surface area contributed by atoms with Crippen LogP contribution < -0.4 is 0 Å². The molecule has 1 fully saturated rings. The van der Waals surface area contributed by atoms with Gasteiger partial charge in [-0.25, -0.2) is 0 Å². The lowest BCUT2D eigenvalue weighted by Crippen LogP contribution is -2.44. The van der Waals surface area contributed by atoms with Gasteiger partial charge in [-0.2, -0.15) is 0 Å².